The van der Waals surface area contributed by atoms with Gasteiger partial charge in [0.25, 0.3) is 0 Å². The molecule has 9 nitrogen and oxygen atoms in total. The third kappa shape index (κ3) is 5.61. The van der Waals surface area contributed by atoms with Gasteiger partial charge in [0.1, 0.15) is 11.5 Å². The van der Waals surface area contributed by atoms with Gasteiger partial charge in [-0.25, -0.2) is 9.78 Å². The molecule has 36 heavy (non-hydrogen) atoms. The van der Waals surface area contributed by atoms with Crippen molar-refractivity contribution in [1.29, 1.82) is 0 Å². The number of rotatable bonds is 7. The van der Waals surface area contributed by atoms with E-state index in [2.05, 4.69) is 39.2 Å². The predicted molar refractivity (Wildman–Crippen MR) is 138 cm³/mol. The number of likely N-dealkylation sites (tertiary alicyclic amines) is 1. The Hall–Kier alpha value is -3.21. The maximum absolute atomic E-state index is 12.8. The fourth-order valence-corrected chi connectivity index (χ4v) is 5.27. The highest BCUT2D eigenvalue weighted by Gasteiger charge is 2.24. The number of aromatic nitrogens is 4. The SMILES string of the molecule is CC(C)N1CCC(NC(=O)Oc2cnc(-c3cccnc3)n2Cc2cc(-c3ccc(Cl)s3)on2)CC1. The summed E-state index contributed by atoms with van der Waals surface area (Å²) in [6.07, 6.45) is 6.24. The second-order valence-electron chi connectivity index (χ2n) is 8.97. The summed E-state index contributed by atoms with van der Waals surface area (Å²) in [5, 5.41) is 7.22. The standard InChI is InChI=1S/C25H27ClN6O3S/c1-16(2)31-10-7-18(8-11-31)29-25(33)34-23-14-28-24(17-4-3-9-27-13-17)32(23)15-19-12-20(35-30-19)21-5-6-22(26)36-21/h3-6,9,12-14,16,18H,7-8,10-11,15H2,1-2H3,(H,29,33). The fraction of sp³-hybridized carbons (Fsp3) is 0.360. The topological polar surface area (TPSA) is 98.3 Å². The van der Waals surface area contributed by atoms with Crippen LogP contribution >= 0.6 is 22.9 Å². The average molecular weight is 527 g/mol. The minimum Gasteiger partial charge on any atom is -0.391 e. The number of hydrogen-bond donors (Lipinski definition) is 1. The summed E-state index contributed by atoms with van der Waals surface area (Å²) >= 11 is 7.48. The molecule has 1 amide bonds. The van der Waals surface area contributed by atoms with E-state index in [0.717, 1.165) is 36.4 Å². The number of halogens is 1. The van der Waals surface area contributed by atoms with Crippen LogP contribution in [-0.4, -0.2) is 55.9 Å². The minimum absolute atomic E-state index is 0.0809. The Balaban J connectivity index is 1.33. The molecule has 0 aliphatic carbocycles. The van der Waals surface area contributed by atoms with E-state index in [4.69, 9.17) is 20.9 Å². The number of ether oxygens (including phenoxy) is 1. The molecule has 4 aromatic rings. The molecule has 0 spiro atoms. The van der Waals surface area contributed by atoms with Crippen molar-refractivity contribution in [3.63, 3.8) is 0 Å². The van der Waals surface area contributed by atoms with Crippen LogP contribution in [0.2, 0.25) is 4.34 Å². The Kier molecular flexibility index (Phi) is 7.35. The minimum atomic E-state index is -0.494. The fourth-order valence-electron chi connectivity index (χ4n) is 4.28. The molecule has 1 fully saturated rings. The molecule has 5 heterocycles. The lowest BCUT2D eigenvalue weighted by Gasteiger charge is -2.34. The van der Waals surface area contributed by atoms with Crippen LogP contribution in [0, 0.1) is 0 Å². The third-order valence-electron chi connectivity index (χ3n) is 6.21. The van der Waals surface area contributed by atoms with Crippen LogP contribution in [0.1, 0.15) is 32.4 Å². The highest BCUT2D eigenvalue weighted by Crippen LogP contribution is 2.32. The van der Waals surface area contributed by atoms with Crippen molar-refractivity contribution in [3.8, 4) is 27.9 Å². The maximum Gasteiger partial charge on any atom is 0.414 e. The first kappa shape index (κ1) is 24.5. The van der Waals surface area contributed by atoms with Crippen LogP contribution in [0.25, 0.3) is 22.0 Å². The third-order valence-corrected chi connectivity index (χ3v) is 7.46. The molecule has 0 aromatic carbocycles. The van der Waals surface area contributed by atoms with Crippen molar-refractivity contribution in [2.45, 2.75) is 45.3 Å². The van der Waals surface area contributed by atoms with E-state index in [1.165, 1.54) is 11.3 Å². The Morgan fingerprint density at radius 2 is 2.11 bits per heavy atom. The molecule has 0 bridgehead atoms. The summed E-state index contributed by atoms with van der Waals surface area (Å²) < 4.78 is 13.7. The molecule has 1 aliphatic heterocycles. The van der Waals surface area contributed by atoms with Crippen LogP contribution < -0.4 is 10.1 Å². The van der Waals surface area contributed by atoms with Gasteiger partial charge in [-0.15, -0.1) is 11.3 Å². The number of carbonyl (C=O) groups excluding carboxylic acids is 1. The highest BCUT2D eigenvalue weighted by molar-refractivity contribution is 7.19. The number of piperidine rings is 1. The average Bonchev–Trinajstić information content (AvgIpc) is 3.61. The molecule has 0 saturated carbocycles. The van der Waals surface area contributed by atoms with Crippen molar-refractivity contribution in [2.24, 2.45) is 0 Å². The van der Waals surface area contributed by atoms with Crippen LogP contribution in [0.15, 0.2) is 53.4 Å². The number of amides is 1. The lowest BCUT2D eigenvalue weighted by atomic mass is 10.0. The lowest BCUT2D eigenvalue weighted by Crippen LogP contribution is -2.47. The zero-order chi connectivity index (χ0) is 25.1. The maximum atomic E-state index is 12.8. The van der Waals surface area contributed by atoms with E-state index in [9.17, 15) is 4.79 Å². The predicted octanol–water partition coefficient (Wildman–Crippen LogP) is 5.32. The second kappa shape index (κ2) is 10.8. The molecule has 1 aliphatic rings. The Morgan fingerprint density at radius 3 is 2.81 bits per heavy atom. The first-order chi connectivity index (χ1) is 17.5. The van der Waals surface area contributed by atoms with Crippen LogP contribution in [-0.2, 0) is 6.54 Å². The van der Waals surface area contributed by atoms with E-state index in [1.807, 2.05) is 30.3 Å². The van der Waals surface area contributed by atoms with Gasteiger partial charge >= 0.3 is 6.09 Å². The van der Waals surface area contributed by atoms with E-state index >= 15 is 0 Å². The van der Waals surface area contributed by atoms with Gasteiger partial charge in [0.2, 0.25) is 5.88 Å². The molecule has 5 rings (SSSR count). The van der Waals surface area contributed by atoms with Gasteiger partial charge < -0.3 is 19.5 Å². The first-order valence-electron chi connectivity index (χ1n) is 11.9. The molecule has 1 saturated heterocycles. The quantitative estimate of drug-likeness (QED) is 0.348. The van der Waals surface area contributed by atoms with Crippen molar-refractivity contribution in [2.75, 3.05) is 13.1 Å². The van der Waals surface area contributed by atoms with Crippen LogP contribution in [0.5, 0.6) is 5.88 Å². The molecule has 1 N–H and O–H groups in total. The number of carbonyl (C=O) groups is 1. The zero-order valence-electron chi connectivity index (χ0n) is 20.1. The molecule has 0 atom stereocenters. The molecular weight excluding hydrogens is 500 g/mol. The van der Waals surface area contributed by atoms with Crippen LogP contribution in [0.3, 0.4) is 0 Å². The molecule has 11 heteroatoms. The highest BCUT2D eigenvalue weighted by atomic mass is 35.5. The Bertz CT molecular complexity index is 1310. The number of nitrogens with one attached hydrogen (secondary N) is 1. The molecule has 4 aromatic heterocycles. The van der Waals surface area contributed by atoms with E-state index in [-0.39, 0.29) is 6.04 Å². The number of imidazole rings is 1. The second-order valence-corrected chi connectivity index (χ2v) is 10.7. The number of thiophene rings is 1. The number of nitrogens with zero attached hydrogens (tertiary/aromatic N) is 5. The van der Waals surface area contributed by atoms with Crippen molar-refractivity contribution in [3.05, 3.63) is 59.0 Å². The lowest BCUT2D eigenvalue weighted by molar-refractivity contribution is 0.151. The van der Waals surface area contributed by atoms with E-state index in [0.29, 0.717) is 40.1 Å². The summed E-state index contributed by atoms with van der Waals surface area (Å²) in [4.78, 5) is 24.8. The van der Waals surface area contributed by atoms with Crippen molar-refractivity contribution >= 4 is 29.0 Å². The monoisotopic (exact) mass is 526 g/mol. The molecule has 188 valence electrons. The zero-order valence-corrected chi connectivity index (χ0v) is 21.6. The van der Waals surface area contributed by atoms with Crippen molar-refractivity contribution in [1.82, 2.24) is 29.9 Å². The van der Waals surface area contributed by atoms with Crippen molar-refractivity contribution < 1.29 is 14.1 Å². The normalized spacial score (nSPS) is 14.9. The summed E-state index contributed by atoms with van der Waals surface area (Å²) in [6, 6.07) is 9.88. The largest absolute Gasteiger partial charge is 0.414 e. The Labute approximate surface area is 218 Å². The van der Waals surface area contributed by atoms with E-state index in [1.54, 1.807) is 23.2 Å². The summed E-state index contributed by atoms with van der Waals surface area (Å²) in [7, 11) is 0. The smallest absolute Gasteiger partial charge is 0.391 e. The number of hydrogen-bond acceptors (Lipinski definition) is 8. The summed E-state index contributed by atoms with van der Waals surface area (Å²) in [5.74, 6) is 1.55. The summed E-state index contributed by atoms with van der Waals surface area (Å²) in [6.45, 7) is 6.58. The van der Waals surface area contributed by atoms with Gasteiger partial charge in [0.05, 0.1) is 22.0 Å². The van der Waals surface area contributed by atoms with Gasteiger partial charge in [0.15, 0.2) is 5.76 Å². The molecular formula is C25H27ClN6O3S. The van der Waals surface area contributed by atoms with Gasteiger partial charge in [-0.1, -0.05) is 16.8 Å². The van der Waals surface area contributed by atoms with Gasteiger partial charge in [-0.05, 0) is 51.0 Å². The van der Waals surface area contributed by atoms with Gasteiger partial charge in [-0.2, -0.15) is 0 Å². The van der Waals surface area contributed by atoms with Gasteiger partial charge in [-0.3, -0.25) is 9.55 Å². The summed E-state index contributed by atoms with van der Waals surface area (Å²) in [5.41, 5.74) is 1.45. The first-order valence-corrected chi connectivity index (χ1v) is 13.1. The molecule has 0 unspecified atom stereocenters. The van der Waals surface area contributed by atoms with Gasteiger partial charge in [0, 0.05) is 49.2 Å². The van der Waals surface area contributed by atoms with E-state index < -0.39 is 6.09 Å². The van der Waals surface area contributed by atoms with Crippen LogP contribution in [0.4, 0.5) is 4.79 Å². The molecule has 0 radical (unpaired) electrons. The Morgan fingerprint density at radius 1 is 1.28 bits per heavy atom. The number of pyridine rings is 1.